The first-order valence-corrected chi connectivity index (χ1v) is 12.1. The highest BCUT2D eigenvalue weighted by molar-refractivity contribution is 7.89. The van der Waals surface area contributed by atoms with Gasteiger partial charge in [0.2, 0.25) is 15.9 Å². The lowest BCUT2D eigenvalue weighted by atomic mass is 9.95. The van der Waals surface area contributed by atoms with Crippen molar-refractivity contribution >= 4 is 27.5 Å². The average molecular weight is 468 g/mol. The number of amides is 2. The van der Waals surface area contributed by atoms with Crippen molar-refractivity contribution in [3.05, 3.63) is 72.1 Å². The Hall–Kier alpha value is -3.50. The number of rotatable bonds is 5. The van der Waals surface area contributed by atoms with Gasteiger partial charge in [-0.2, -0.15) is 5.10 Å². The van der Waals surface area contributed by atoms with E-state index in [1.54, 1.807) is 15.6 Å². The number of nitrogens with one attached hydrogen (secondary N) is 1. The standard InChI is InChI=1S/C23H25N5O4S/c1-16-15-21(26-28(16)19-5-3-2-4-6-19)23(30)27-13-11-17(12-14-27)22(29)25-18-7-9-20(10-8-18)33(24,31)32/h2-10,15,17H,11-14H2,1H3,(H,25,29)(H2,24,31,32). The second kappa shape index (κ2) is 9.16. The fraction of sp³-hybridized carbons (Fsp3) is 0.261. The minimum atomic E-state index is -3.78. The Kier molecular flexibility index (Phi) is 6.30. The predicted octanol–water partition coefficient (Wildman–Crippen LogP) is 2.32. The summed E-state index contributed by atoms with van der Waals surface area (Å²) in [6, 6.07) is 17.1. The summed E-state index contributed by atoms with van der Waals surface area (Å²) in [4.78, 5) is 27.3. The molecule has 0 aliphatic carbocycles. The minimum Gasteiger partial charge on any atom is -0.337 e. The number of nitrogens with zero attached hydrogens (tertiary/aromatic N) is 3. The van der Waals surface area contributed by atoms with E-state index in [4.69, 9.17) is 5.14 Å². The second-order valence-corrected chi connectivity index (χ2v) is 9.60. The number of likely N-dealkylation sites (tertiary alicyclic amines) is 1. The van der Waals surface area contributed by atoms with Gasteiger partial charge < -0.3 is 10.2 Å². The highest BCUT2D eigenvalue weighted by Crippen LogP contribution is 2.22. The van der Waals surface area contributed by atoms with E-state index in [9.17, 15) is 18.0 Å². The van der Waals surface area contributed by atoms with Gasteiger partial charge in [-0.05, 0) is 62.2 Å². The Morgan fingerprint density at radius 1 is 1.03 bits per heavy atom. The number of benzene rings is 2. The summed E-state index contributed by atoms with van der Waals surface area (Å²) < 4.78 is 24.4. The number of hydrogen-bond donors (Lipinski definition) is 2. The number of primary sulfonamides is 1. The van der Waals surface area contributed by atoms with E-state index in [1.165, 1.54) is 24.3 Å². The van der Waals surface area contributed by atoms with Crippen molar-refractivity contribution in [2.75, 3.05) is 18.4 Å². The third-order valence-corrected chi connectivity index (χ3v) is 6.64. The largest absolute Gasteiger partial charge is 0.337 e. The highest BCUT2D eigenvalue weighted by Gasteiger charge is 2.29. The van der Waals surface area contributed by atoms with Crippen LogP contribution in [0.1, 0.15) is 29.0 Å². The molecule has 2 heterocycles. The average Bonchev–Trinajstić information content (AvgIpc) is 3.20. The smallest absolute Gasteiger partial charge is 0.274 e. The summed E-state index contributed by atoms with van der Waals surface area (Å²) in [5.74, 6) is -0.546. The number of hydrogen-bond acceptors (Lipinski definition) is 5. The van der Waals surface area contributed by atoms with E-state index < -0.39 is 10.0 Å². The van der Waals surface area contributed by atoms with Gasteiger partial charge in [0.15, 0.2) is 5.69 Å². The van der Waals surface area contributed by atoms with Crippen LogP contribution in [0.5, 0.6) is 0 Å². The molecule has 0 bridgehead atoms. The fourth-order valence-electron chi connectivity index (χ4n) is 3.89. The van der Waals surface area contributed by atoms with Crippen molar-refractivity contribution in [1.82, 2.24) is 14.7 Å². The molecule has 0 radical (unpaired) electrons. The van der Waals surface area contributed by atoms with Crippen LogP contribution in [0.2, 0.25) is 0 Å². The van der Waals surface area contributed by atoms with Gasteiger partial charge >= 0.3 is 0 Å². The number of piperidine rings is 1. The lowest BCUT2D eigenvalue weighted by molar-refractivity contribution is -0.121. The van der Waals surface area contributed by atoms with E-state index in [1.807, 2.05) is 37.3 Å². The van der Waals surface area contributed by atoms with Crippen molar-refractivity contribution < 1.29 is 18.0 Å². The van der Waals surface area contributed by atoms with Crippen LogP contribution in [-0.4, -0.2) is 48.0 Å². The van der Waals surface area contributed by atoms with E-state index in [2.05, 4.69) is 10.4 Å². The number of aromatic nitrogens is 2. The number of carbonyl (C=O) groups is 2. The van der Waals surface area contributed by atoms with Crippen LogP contribution in [0, 0.1) is 12.8 Å². The van der Waals surface area contributed by atoms with Crippen LogP contribution in [0.25, 0.3) is 5.69 Å². The zero-order valence-corrected chi connectivity index (χ0v) is 19.0. The molecule has 172 valence electrons. The van der Waals surface area contributed by atoms with Crippen LogP contribution in [0.15, 0.2) is 65.6 Å². The molecule has 9 nitrogen and oxygen atoms in total. The summed E-state index contributed by atoms with van der Waals surface area (Å²) in [7, 11) is -3.78. The number of carbonyl (C=O) groups excluding carboxylic acids is 2. The first-order valence-electron chi connectivity index (χ1n) is 10.6. The molecular weight excluding hydrogens is 442 g/mol. The first-order chi connectivity index (χ1) is 15.7. The third-order valence-electron chi connectivity index (χ3n) is 5.71. The molecule has 3 N–H and O–H groups in total. The number of para-hydroxylation sites is 1. The van der Waals surface area contributed by atoms with Crippen molar-refractivity contribution in [1.29, 1.82) is 0 Å². The normalized spacial score (nSPS) is 14.8. The Morgan fingerprint density at radius 2 is 1.67 bits per heavy atom. The Bertz CT molecular complexity index is 1260. The van der Waals surface area contributed by atoms with Gasteiger partial charge in [-0.1, -0.05) is 18.2 Å². The monoisotopic (exact) mass is 467 g/mol. The Labute approximate surface area is 192 Å². The van der Waals surface area contributed by atoms with E-state index in [-0.39, 0.29) is 22.6 Å². The van der Waals surface area contributed by atoms with Crippen LogP contribution in [0.3, 0.4) is 0 Å². The summed E-state index contributed by atoms with van der Waals surface area (Å²) in [5.41, 5.74) is 2.64. The molecule has 3 aromatic rings. The van der Waals surface area contributed by atoms with Gasteiger partial charge in [-0.3, -0.25) is 9.59 Å². The maximum absolute atomic E-state index is 13.0. The van der Waals surface area contributed by atoms with Gasteiger partial charge in [0.1, 0.15) is 0 Å². The molecule has 1 fully saturated rings. The highest BCUT2D eigenvalue weighted by atomic mass is 32.2. The van der Waals surface area contributed by atoms with Crippen molar-refractivity contribution in [2.45, 2.75) is 24.7 Å². The molecule has 2 amide bonds. The predicted molar refractivity (Wildman–Crippen MR) is 123 cm³/mol. The van der Waals surface area contributed by atoms with Crippen LogP contribution >= 0.6 is 0 Å². The molecule has 2 aromatic carbocycles. The van der Waals surface area contributed by atoms with Gasteiger partial charge in [-0.25, -0.2) is 18.2 Å². The summed E-state index contributed by atoms with van der Waals surface area (Å²) in [6.45, 7) is 2.82. The molecule has 0 saturated carbocycles. The van der Waals surface area contributed by atoms with Gasteiger partial charge in [0, 0.05) is 30.4 Å². The molecule has 1 aromatic heterocycles. The van der Waals surface area contributed by atoms with E-state index >= 15 is 0 Å². The molecule has 0 spiro atoms. The molecule has 10 heteroatoms. The Morgan fingerprint density at radius 3 is 2.27 bits per heavy atom. The molecule has 0 atom stereocenters. The van der Waals surface area contributed by atoms with Gasteiger partial charge in [0.25, 0.3) is 5.91 Å². The minimum absolute atomic E-state index is 0.0164. The van der Waals surface area contributed by atoms with Crippen LogP contribution in [-0.2, 0) is 14.8 Å². The van der Waals surface area contributed by atoms with E-state index in [0.29, 0.717) is 37.3 Å². The van der Waals surface area contributed by atoms with Crippen LogP contribution < -0.4 is 10.5 Å². The van der Waals surface area contributed by atoms with Crippen molar-refractivity contribution in [3.8, 4) is 5.69 Å². The molecule has 1 aliphatic heterocycles. The number of aryl methyl sites for hydroxylation is 1. The van der Waals surface area contributed by atoms with Gasteiger partial charge in [0.05, 0.1) is 10.6 Å². The molecule has 33 heavy (non-hydrogen) atoms. The van der Waals surface area contributed by atoms with E-state index in [0.717, 1.165) is 11.4 Å². The maximum Gasteiger partial charge on any atom is 0.274 e. The molecular formula is C23H25N5O4S. The topological polar surface area (TPSA) is 127 Å². The van der Waals surface area contributed by atoms with Gasteiger partial charge in [-0.15, -0.1) is 0 Å². The lowest BCUT2D eigenvalue weighted by Gasteiger charge is -2.30. The fourth-order valence-corrected chi connectivity index (χ4v) is 4.40. The molecule has 4 rings (SSSR count). The third kappa shape index (κ3) is 5.12. The zero-order chi connectivity index (χ0) is 23.6. The maximum atomic E-state index is 13.0. The second-order valence-electron chi connectivity index (χ2n) is 8.04. The quantitative estimate of drug-likeness (QED) is 0.595. The lowest BCUT2D eigenvalue weighted by Crippen LogP contribution is -2.41. The Balaban J connectivity index is 1.35. The number of sulfonamides is 1. The van der Waals surface area contributed by atoms with Crippen LogP contribution in [0.4, 0.5) is 5.69 Å². The number of anilines is 1. The van der Waals surface area contributed by atoms with Crippen molar-refractivity contribution in [2.24, 2.45) is 11.1 Å². The van der Waals surface area contributed by atoms with Crippen molar-refractivity contribution in [3.63, 3.8) is 0 Å². The summed E-state index contributed by atoms with van der Waals surface area (Å²) in [6.07, 6.45) is 1.07. The molecule has 1 aliphatic rings. The first kappa shape index (κ1) is 22.7. The summed E-state index contributed by atoms with van der Waals surface area (Å²) in [5, 5.41) is 12.4. The zero-order valence-electron chi connectivity index (χ0n) is 18.1. The number of nitrogens with two attached hydrogens (primary N) is 1. The SMILES string of the molecule is Cc1cc(C(=O)N2CCC(C(=O)Nc3ccc(S(N)(=O)=O)cc3)CC2)nn1-c1ccccc1. The summed E-state index contributed by atoms with van der Waals surface area (Å²) >= 11 is 0. The molecule has 0 unspecified atom stereocenters. The molecule has 1 saturated heterocycles.